The van der Waals surface area contributed by atoms with E-state index in [-0.39, 0.29) is 5.76 Å². The molecule has 0 aliphatic rings. The SMILES string of the molecule is C/C(O)=C\N=C(NC=O)SCc1cccc(C)c1. The standard InChI is InChI=1S/C13H16N2O2S/c1-10-4-3-5-12(6-10)8-18-13(15-9-16)14-7-11(2)17/h3-7,9,17H,8H2,1-2H3,(H,14,15,16)/b11-7+. The number of thioether (sulfide) groups is 1. The van der Waals surface area contributed by atoms with E-state index in [1.54, 1.807) is 0 Å². The Balaban J connectivity index is 2.65. The number of hydrogen-bond acceptors (Lipinski definition) is 4. The van der Waals surface area contributed by atoms with Crippen molar-refractivity contribution >= 4 is 23.3 Å². The molecule has 4 nitrogen and oxygen atoms in total. The molecule has 0 unspecified atom stereocenters. The number of aliphatic hydroxyl groups excluding tert-OH is 1. The molecule has 0 radical (unpaired) electrons. The molecule has 0 atom stereocenters. The van der Waals surface area contributed by atoms with Crippen molar-refractivity contribution in [1.29, 1.82) is 0 Å². The minimum absolute atomic E-state index is 0.0938. The number of amides is 1. The molecule has 0 aliphatic carbocycles. The van der Waals surface area contributed by atoms with Gasteiger partial charge in [-0.1, -0.05) is 41.6 Å². The molecular weight excluding hydrogens is 248 g/mol. The van der Waals surface area contributed by atoms with E-state index in [4.69, 9.17) is 5.11 Å². The summed E-state index contributed by atoms with van der Waals surface area (Å²) >= 11 is 1.40. The Bertz CT molecular complexity index is 466. The van der Waals surface area contributed by atoms with Gasteiger partial charge in [0.05, 0.1) is 6.20 Å². The second-order valence-electron chi connectivity index (χ2n) is 3.74. The largest absolute Gasteiger partial charge is 0.511 e. The number of benzene rings is 1. The molecule has 5 heteroatoms. The number of aryl methyl sites for hydroxylation is 1. The number of aliphatic imine (C=N–C) groups is 1. The van der Waals surface area contributed by atoms with Crippen molar-refractivity contribution in [3.8, 4) is 0 Å². The summed E-state index contributed by atoms with van der Waals surface area (Å²) in [5.41, 5.74) is 2.35. The fourth-order valence-electron chi connectivity index (χ4n) is 1.27. The zero-order valence-electron chi connectivity index (χ0n) is 10.4. The highest BCUT2D eigenvalue weighted by Crippen LogP contribution is 2.14. The molecule has 18 heavy (non-hydrogen) atoms. The molecular formula is C13H16N2O2S. The van der Waals surface area contributed by atoms with Gasteiger partial charge in [0.15, 0.2) is 5.17 Å². The van der Waals surface area contributed by atoms with Crippen molar-refractivity contribution in [1.82, 2.24) is 5.32 Å². The van der Waals surface area contributed by atoms with Crippen LogP contribution in [0.4, 0.5) is 0 Å². The van der Waals surface area contributed by atoms with Crippen LogP contribution in [0.5, 0.6) is 0 Å². The first-order chi connectivity index (χ1) is 8.61. The molecule has 0 saturated heterocycles. The number of carbonyl (C=O) groups is 1. The minimum Gasteiger partial charge on any atom is -0.511 e. The maximum atomic E-state index is 10.4. The van der Waals surface area contributed by atoms with E-state index in [1.165, 1.54) is 30.4 Å². The Morgan fingerprint density at radius 2 is 2.33 bits per heavy atom. The third kappa shape index (κ3) is 5.54. The van der Waals surface area contributed by atoms with E-state index < -0.39 is 0 Å². The van der Waals surface area contributed by atoms with Crippen molar-refractivity contribution < 1.29 is 9.90 Å². The van der Waals surface area contributed by atoms with E-state index in [9.17, 15) is 4.79 Å². The molecule has 0 bridgehead atoms. The normalized spacial score (nSPS) is 12.3. The number of nitrogens with zero attached hydrogens (tertiary/aromatic N) is 1. The van der Waals surface area contributed by atoms with Crippen molar-refractivity contribution in [2.24, 2.45) is 4.99 Å². The summed E-state index contributed by atoms with van der Waals surface area (Å²) in [6.45, 7) is 3.55. The summed E-state index contributed by atoms with van der Waals surface area (Å²) < 4.78 is 0. The maximum absolute atomic E-state index is 10.4. The number of amidine groups is 1. The summed E-state index contributed by atoms with van der Waals surface area (Å²) in [7, 11) is 0. The zero-order valence-corrected chi connectivity index (χ0v) is 11.2. The molecule has 1 aromatic carbocycles. The van der Waals surface area contributed by atoms with Gasteiger partial charge in [0, 0.05) is 5.75 Å². The molecule has 0 aromatic heterocycles. The highest BCUT2D eigenvalue weighted by Gasteiger charge is 2.00. The van der Waals surface area contributed by atoms with Gasteiger partial charge in [-0.15, -0.1) is 0 Å². The van der Waals surface area contributed by atoms with Gasteiger partial charge in [-0.05, 0) is 19.4 Å². The molecule has 96 valence electrons. The van der Waals surface area contributed by atoms with Crippen molar-refractivity contribution in [3.63, 3.8) is 0 Å². The molecule has 0 aliphatic heterocycles. The van der Waals surface area contributed by atoms with E-state index >= 15 is 0 Å². The van der Waals surface area contributed by atoms with Crippen LogP contribution in [0, 0.1) is 6.92 Å². The molecule has 0 saturated carbocycles. The van der Waals surface area contributed by atoms with Crippen LogP contribution in [-0.2, 0) is 10.5 Å². The lowest BCUT2D eigenvalue weighted by molar-refractivity contribution is -0.108. The second kappa shape index (κ2) is 7.55. The molecule has 1 amide bonds. The molecule has 0 heterocycles. The topological polar surface area (TPSA) is 61.7 Å². The number of aliphatic hydroxyl groups is 1. The van der Waals surface area contributed by atoms with Gasteiger partial charge in [0.1, 0.15) is 5.76 Å². The number of rotatable bonds is 4. The van der Waals surface area contributed by atoms with Crippen LogP contribution in [0.1, 0.15) is 18.1 Å². The molecule has 2 N–H and O–H groups in total. The summed E-state index contributed by atoms with van der Waals surface area (Å²) in [6.07, 6.45) is 1.87. The lowest BCUT2D eigenvalue weighted by Gasteiger charge is -2.04. The van der Waals surface area contributed by atoms with Crippen LogP contribution in [0.25, 0.3) is 0 Å². The Morgan fingerprint density at radius 3 is 2.94 bits per heavy atom. The van der Waals surface area contributed by atoms with Crippen LogP contribution < -0.4 is 5.32 Å². The Labute approximate surface area is 111 Å². The average Bonchev–Trinajstić information content (AvgIpc) is 2.32. The Hall–Kier alpha value is -1.75. The van der Waals surface area contributed by atoms with E-state index in [2.05, 4.69) is 16.4 Å². The highest BCUT2D eigenvalue weighted by molar-refractivity contribution is 8.13. The fourth-order valence-corrected chi connectivity index (χ4v) is 2.01. The molecule has 1 rings (SSSR count). The van der Waals surface area contributed by atoms with Crippen LogP contribution in [0.3, 0.4) is 0 Å². The third-order valence-electron chi connectivity index (χ3n) is 2.01. The Kier molecular flexibility index (Phi) is 6.00. The maximum Gasteiger partial charge on any atom is 0.213 e. The van der Waals surface area contributed by atoms with Gasteiger partial charge < -0.3 is 10.4 Å². The van der Waals surface area contributed by atoms with Crippen LogP contribution in [0.15, 0.2) is 41.2 Å². The second-order valence-corrected chi connectivity index (χ2v) is 4.71. The molecule has 0 fully saturated rings. The average molecular weight is 264 g/mol. The summed E-state index contributed by atoms with van der Waals surface area (Å²) in [5.74, 6) is 0.802. The van der Waals surface area contributed by atoms with Gasteiger partial charge >= 0.3 is 0 Å². The van der Waals surface area contributed by atoms with Gasteiger partial charge in [0.25, 0.3) is 0 Å². The van der Waals surface area contributed by atoms with Crippen molar-refractivity contribution in [2.75, 3.05) is 0 Å². The van der Waals surface area contributed by atoms with Crippen LogP contribution >= 0.6 is 11.8 Å². The number of carbonyl (C=O) groups excluding carboxylic acids is 1. The lowest BCUT2D eigenvalue weighted by atomic mass is 10.2. The zero-order chi connectivity index (χ0) is 13.4. The number of allylic oxidation sites excluding steroid dienone is 1. The summed E-state index contributed by atoms with van der Waals surface area (Å²) in [6, 6.07) is 8.13. The van der Waals surface area contributed by atoms with Crippen molar-refractivity contribution in [3.05, 3.63) is 47.4 Å². The quantitative estimate of drug-likeness (QED) is 0.380. The number of nitrogens with one attached hydrogen (secondary N) is 1. The first-order valence-corrected chi connectivity index (χ1v) is 6.42. The third-order valence-corrected chi connectivity index (χ3v) is 2.98. The molecule has 0 spiro atoms. The fraction of sp³-hybridized carbons (Fsp3) is 0.231. The predicted molar refractivity (Wildman–Crippen MR) is 75.5 cm³/mol. The lowest BCUT2D eigenvalue weighted by Crippen LogP contribution is -2.17. The minimum atomic E-state index is 0.0938. The summed E-state index contributed by atoms with van der Waals surface area (Å²) in [5, 5.41) is 12.0. The van der Waals surface area contributed by atoms with Crippen molar-refractivity contribution in [2.45, 2.75) is 19.6 Å². The smallest absolute Gasteiger partial charge is 0.213 e. The van der Waals surface area contributed by atoms with Gasteiger partial charge in [-0.25, -0.2) is 4.99 Å². The van der Waals surface area contributed by atoms with Gasteiger partial charge in [0.2, 0.25) is 6.41 Å². The first kappa shape index (κ1) is 14.3. The van der Waals surface area contributed by atoms with Gasteiger partial charge in [-0.2, -0.15) is 0 Å². The molecule has 1 aromatic rings. The predicted octanol–water partition coefficient (Wildman–Crippen LogP) is 2.75. The van der Waals surface area contributed by atoms with Crippen LogP contribution in [-0.4, -0.2) is 16.7 Å². The van der Waals surface area contributed by atoms with Gasteiger partial charge in [-0.3, -0.25) is 4.79 Å². The monoisotopic (exact) mass is 264 g/mol. The van der Waals surface area contributed by atoms with E-state index in [1.807, 2.05) is 25.1 Å². The summed E-state index contributed by atoms with van der Waals surface area (Å²) in [4.78, 5) is 14.4. The van der Waals surface area contributed by atoms with E-state index in [0.29, 0.717) is 17.3 Å². The number of hydrogen-bond donors (Lipinski definition) is 2. The van der Waals surface area contributed by atoms with E-state index in [0.717, 1.165) is 5.56 Å². The van der Waals surface area contributed by atoms with Crippen LogP contribution in [0.2, 0.25) is 0 Å². The Morgan fingerprint density at radius 1 is 1.56 bits per heavy atom. The highest BCUT2D eigenvalue weighted by atomic mass is 32.2. The first-order valence-electron chi connectivity index (χ1n) is 5.44.